The van der Waals surface area contributed by atoms with Gasteiger partial charge in [0, 0.05) is 0 Å². The van der Waals surface area contributed by atoms with Gasteiger partial charge in [0.05, 0.1) is 0 Å². The summed E-state index contributed by atoms with van der Waals surface area (Å²) in [5.41, 5.74) is 6.72. The molecular formula is C40H40O8P2. The average Bonchev–Trinajstić information content (AvgIpc) is 3.10. The van der Waals surface area contributed by atoms with Gasteiger partial charge >= 0.3 is 15.6 Å². The number of aryl methyl sites for hydroxylation is 4. The number of phosphoric ester groups is 2. The number of hydrogen-bond acceptors (Lipinski definition) is 6. The molecule has 6 rings (SSSR count). The van der Waals surface area contributed by atoms with E-state index < -0.39 is 15.6 Å². The Morgan fingerprint density at radius 2 is 0.540 bits per heavy atom. The van der Waals surface area contributed by atoms with Crippen LogP contribution in [0.4, 0.5) is 0 Å². The van der Waals surface area contributed by atoms with E-state index in [1.165, 1.54) is 11.1 Å². The molecule has 0 saturated carbocycles. The Morgan fingerprint density at radius 3 is 0.740 bits per heavy atom. The monoisotopic (exact) mass is 710 g/mol. The minimum absolute atomic E-state index is 0.295. The lowest BCUT2D eigenvalue weighted by atomic mass is 10.1. The first-order valence-corrected chi connectivity index (χ1v) is 18.7. The quantitative estimate of drug-likeness (QED) is 0.143. The van der Waals surface area contributed by atoms with Crippen LogP contribution < -0.4 is 18.1 Å². The van der Waals surface area contributed by atoms with Gasteiger partial charge in [0.15, 0.2) is 0 Å². The highest BCUT2D eigenvalue weighted by atomic mass is 31.2. The lowest BCUT2D eigenvalue weighted by Gasteiger charge is -2.14. The second-order valence-corrected chi connectivity index (χ2v) is 13.9. The summed E-state index contributed by atoms with van der Waals surface area (Å²) in [6, 6.07) is 48.1. The summed E-state index contributed by atoms with van der Waals surface area (Å²) in [4.78, 5) is 19.3. The van der Waals surface area contributed by atoms with Crippen molar-refractivity contribution >= 4 is 15.6 Å². The predicted molar refractivity (Wildman–Crippen MR) is 199 cm³/mol. The molecule has 0 atom stereocenters. The van der Waals surface area contributed by atoms with E-state index in [2.05, 4.69) is 48.5 Å². The van der Waals surface area contributed by atoms with Crippen molar-refractivity contribution in [2.45, 2.75) is 27.7 Å². The standard InChI is InChI=1S/2C14H15O4P.C12H10/c2*1-11-3-7-13(8-4-11)17-19(15,16)18-14-9-5-12(2)6-10-14;1-3-7-11(8-4-1)12-9-5-2-6-10-12/h2*3-10H,1-2H3,(H,15,16);1-10H. The molecular weight excluding hydrogens is 670 g/mol. The molecule has 0 aliphatic rings. The smallest absolute Gasteiger partial charge is 0.395 e. The Balaban J connectivity index is 0.000000173. The molecule has 0 saturated heterocycles. The highest BCUT2D eigenvalue weighted by Gasteiger charge is 2.25. The van der Waals surface area contributed by atoms with Crippen LogP contribution in [-0.2, 0) is 9.13 Å². The molecule has 0 spiro atoms. The van der Waals surface area contributed by atoms with Crippen molar-refractivity contribution in [1.82, 2.24) is 0 Å². The molecule has 0 fully saturated rings. The third-order valence-corrected chi connectivity index (χ3v) is 8.61. The molecule has 10 heteroatoms. The van der Waals surface area contributed by atoms with Crippen molar-refractivity contribution in [3.63, 3.8) is 0 Å². The maximum Gasteiger partial charge on any atom is 0.584 e. The number of rotatable bonds is 9. The van der Waals surface area contributed by atoms with Gasteiger partial charge in [0.2, 0.25) is 0 Å². The van der Waals surface area contributed by atoms with Gasteiger partial charge in [-0.25, -0.2) is 9.13 Å². The summed E-state index contributed by atoms with van der Waals surface area (Å²) in [7, 11) is -8.33. The zero-order valence-corrected chi connectivity index (χ0v) is 30.0. The Kier molecular flexibility index (Phi) is 13.6. The maximum absolute atomic E-state index is 11.8. The molecule has 0 bridgehead atoms. The minimum atomic E-state index is -4.17. The fraction of sp³-hybridized carbons (Fsp3) is 0.100. The molecule has 0 aliphatic carbocycles. The van der Waals surface area contributed by atoms with Gasteiger partial charge in [-0.1, -0.05) is 131 Å². The molecule has 2 N–H and O–H groups in total. The molecule has 6 aromatic rings. The van der Waals surface area contributed by atoms with Crippen LogP contribution in [-0.4, -0.2) is 9.79 Å². The van der Waals surface area contributed by atoms with Crippen LogP contribution in [0.15, 0.2) is 158 Å². The molecule has 0 radical (unpaired) electrons. The number of benzene rings is 6. The molecule has 50 heavy (non-hydrogen) atoms. The lowest BCUT2D eigenvalue weighted by Crippen LogP contribution is -1.99. The molecule has 0 aliphatic heterocycles. The van der Waals surface area contributed by atoms with Gasteiger partial charge in [-0.15, -0.1) is 0 Å². The normalized spacial score (nSPS) is 10.8. The van der Waals surface area contributed by atoms with E-state index in [1.807, 2.05) is 39.8 Å². The number of phosphoric acid groups is 2. The van der Waals surface area contributed by atoms with Gasteiger partial charge in [0.1, 0.15) is 23.0 Å². The van der Waals surface area contributed by atoms with Gasteiger partial charge in [-0.05, 0) is 87.4 Å². The summed E-state index contributed by atoms with van der Waals surface area (Å²) in [5, 5.41) is 0. The van der Waals surface area contributed by atoms with Crippen LogP contribution in [0, 0.1) is 27.7 Å². The summed E-state index contributed by atoms with van der Waals surface area (Å²) in [5.74, 6) is 1.18. The topological polar surface area (TPSA) is 112 Å². The van der Waals surface area contributed by atoms with Gasteiger partial charge < -0.3 is 18.1 Å². The zero-order chi connectivity index (χ0) is 36.0. The van der Waals surface area contributed by atoms with Crippen molar-refractivity contribution in [2.75, 3.05) is 0 Å². The van der Waals surface area contributed by atoms with E-state index >= 15 is 0 Å². The average molecular weight is 711 g/mol. The lowest BCUT2D eigenvalue weighted by molar-refractivity contribution is 0.289. The molecule has 0 unspecified atom stereocenters. The summed E-state index contributed by atoms with van der Waals surface area (Å²) in [6.07, 6.45) is 0. The van der Waals surface area contributed by atoms with Crippen molar-refractivity contribution in [2.24, 2.45) is 0 Å². The van der Waals surface area contributed by atoms with Crippen LogP contribution >= 0.6 is 15.6 Å². The Bertz CT molecular complexity index is 1730. The molecule has 6 aromatic carbocycles. The van der Waals surface area contributed by atoms with Gasteiger partial charge in [-0.2, -0.15) is 0 Å². The first-order chi connectivity index (χ1) is 23.9. The van der Waals surface area contributed by atoms with Gasteiger partial charge in [0.25, 0.3) is 0 Å². The van der Waals surface area contributed by atoms with Gasteiger partial charge in [-0.3, -0.25) is 9.79 Å². The summed E-state index contributed by atoms with van der Waals surface area (Å²) in [6.45, 7) is 7.69. The van der Waals surface area contributed by atoms with Crippen molar-refractivity contribution in [3.8, 4) is 34.1 Å². The Labute approximate surface area is 293 Å². The van der Waals surface area contributed by atoms with Crippen LogP contribution in [0.5, 0.6) is 23.0 Å². The SMILES string of the molecule is Cc1ccc(OP(=O)(O)Oc2ccc(C)cc2)cc1.Cc1ccc(OP(=O)(O)Oc2ccc(C)cc2)cc1.c1ccc(-c2ccccc2)cc1. The highest BCUT2D eigenvalue weighted by Crippen LogP contribution is 2.45. The fourth-order valence-electron chi connectivity index (χ4n) is 4.23. The van der Waals surface area contributed by atoms with Crippen molar-refractivity contribution in [3.05, 3.63) is 180 Å². The van der Waals surface area contributed by atoms with Crippen LogP contribution in [0.1, 0.15) is 22.3 Å². The maximum atomic E-state index is 11.8. The van der Waals surface area contributed by atoms with E-state index in [4.69, 9.17) is 18.1 Å². The van der Waals surface area contributed by atoms with E-state index in [9.17, 15) is 18.9 Å². The predicted octanol–water partition coefficient (Wildman–Crippen LogP) is 11.1. The van der Waals surface area contributed by atoms with Crippen LogP contribution in [0.25, 0.3) is 11.1 Å². The molecule has 0 amide bonds. The first kappa shape index (κ1) is 37.7. The van der Waals surface area contributed by atoms with Crippen molar-refractivity contribution in [1.29, 1.82) is 0 Å². The van der Waals surface area contributed by atoms with E-state index in [0.717, 1.165) is 22.3 Å². The third kappa shape index (κ3) is 13.4. The minimum Gasteiger partial charge on any atom is -0.395 e. The largest absolute Gasteiger partial charge is 0.584 e. The second-order valence-electron chi connectivity index (χ2n) is 11.3. The summed E-state index contributed by atoms with van der Waals surface area (Å²) >= 11 is 0. The molecule has 8 nitrogen and oxygen atoms in total. The van der Waals surface area contributed by atoms with E-state index in [0.29, 0.717) is 23.0 Å². The first-order valence-electron chi connectivity index (χ1n) is 15.7. The van der Waals surface area contributed by atoms with Crippen LogP contribution in [0.3, 0.4) is 0 Å². The number of hydrogen-bond donors (Lipinski definition) is 2. The van der Waals surface area contributed by atoms with E-state index in [1.54, 1.807) is 97.1 Å². The van der Waals surface area contributed by atoms with Crippen LogP contribution in [0.2, 0.25) is 0 Å². The fourth-order valence-corrected chi connectivity index (χ4v) is 5.85. The molecule has 258 valence electrons. The third-order valence-electron chi connectivity index (χ3n) is 6.85. The Morgan fingerprint density at radius 1 is 0.340 bits per heavy atom. The second kappa shape index (κ2) is 18.1. The van der Waals surface area contributed by atoms with Crippen molar-refractivity contribution < 1.29 is 37.0 Å². The molecule has 0 heterocycles. The van der Waals surface area contributed by atoms with E-state index in [-0.39, 0.29) is 0 Å². The Hall–Kier alpha value is -5.10. The summed E-state index contributed by atoms with van der Waals surface area (Å²) < 4.78 is 43.6. The zero-order valence-electron chi connectivity index (χ0n) is 28.2. The molecule has 0 aromatic heterocycles. The highest BCUT2D eigenvalue weighted by molar-refractivity contribution is 7.48.